The molecule has 0 aliphatic heterocycles. The summed E-state index contributed by atoms with van der Waals surface area (Å²) in [5.41, 5.74) is -3.77. The lowest BCUT2D eigenvalue weighted by molar-refractivity contribution is -0.140. The minimum Gasteiger partial charge on any atom is -0.326 e. The van der Waals surface area contributed by atoms with Crippen LogP contribution in [0.4, 0.5) is 50.9 Å². The van der Waals surface area contributed by atoms with Crippen molar-refractivity contribution in [3.63, 3.8) is 0 Å². The van der Waals surface area contributed by atoms with E-state index in [9.17, 15) is 49.5 Å². The van der Waals surface area contributed by atoms with Gasteiger partial charge >= 0.3 is 12.4 Å². The molecule has 3 aromatic carbocycles. The molecule has 2 amide bonds. The van der Waals surface area contributed by atoms with Crippen LogP contribution in [0.15, 0.2) is 60.7 Å². The number of hydrogen-bond donors (Lipinski definition) is 2. The normalized spacial score (nSPS) is 17.6. The zero-order chi connectivity index (χ0) is 34.4. The standard InChI is InChI=1S/C29H16Cl3F9N2O3/c30-18-3-2-13(42-26(46)23-22(28(23,31)32)12-1-4-20(34)17(9-12)29(39,40)41)10-15(18)25(45)43-21-6-5-19(33)16(24(21)35)11-14(44)7-8-27(36,37)38/h1-10,22-23H,11H2,(H,42,46)(H,43,45)/b8-7+/t22-,23+/m0/s1. The van der Waals surface area contributed by atoms with Gasteiger partial charge in [0.1, 0.15) is 16.0 Å². The molecule has 1 aliphatic carbocycles. The Bertz CT molecular complexity index is 1760. The summed E-state index contributed by atoms with van der Waals surface area (Å²) in [7, 11) is 0. The molecule has 0 bridgehead atoms. The van der Waals surface area contributed by atoms with Gasteiger partial charge in [0.25, 0.3) is 5.91 Å². The van der Waals surface area contributed by atoms with Crippen molar-refractivity contribution in [3.8, 4) is 0 Å². The van der Waals surface area contributed by atoms with Gasteiger partial charge in [-0.05, 0) is 54.1 Å². The molecule has 5 nitrogen and oxygen atoms in total. The predicted octanol–water partition coefficient (Wildman–Crippen LogP) is 8.78. The highest BCUT2D eigenvalue weighted by molar-refractivity contribution is 6.53. The van der Waals surface area contributed by atoms with Crippen molar-refractivity contribution in [1.82, 2.24) is 0 Å². The number of halogens is 12. The zero-order valence-corrected chi connectivity index (χ0v) is 24.7. The van der Waals surface area contributed by atoms with Gasteiger partial charge in [-0.3, -0.25) is 14.4 Å². The van der Waals surface area contributed by atoms with Crippen LogP contribution in [0.25, 0.3) is 0 Å². The monoisotopic (exact) mass is 716 g/mol. The number of alkyl halides is 8. The maximum absolute atomic E-state index is 15.0. The minimum absolute atomic E-state index is 0.0910. The number of carbonyl (C=O) groups excluding carboxylic acids is 3. The van der Waals surface area contributed by atoms with E-state index in [1.165, 1.54) is 6.07 Å². The zero-order valence-electron chi connectivity index (χ0n) is 22.4. The number of hydrogen-bond acceptors (Lipinski definition) is 3. The van der Waals surface area contributed by atoms with Gasteiger partial charge in [0, 0.05) is 29.7 Å². The first-order valence-electron chi connectivity index (χ1n) is 12.6. The number of amides is 2. The van der Waals surface area contributed by atoms with Gasteiger partial charge in [0.2, 0.25) is 5.91 Å². The average Bonchev–Trinajstić information content (AvgIpc) is 3.53. The number of benzene rings is 3. The lowest BCUT2D eigenvalue weighted by Gasteiger charge is -2.13. The first-order valence-corrected chi connectivity index (χ1v) is 13.8. The van der Waals surface area contributed by atoms with Crippen LogP contribution in [-0.4, -0.2) is 28.1 Å². The Balaban J connectivity index is 1.51. The predicted molar refractivity (Wildman–Crippen MR) is 150 cm³/mol. The molecule has 4 rings (SSSR count). The Morgan fingerprint density at radius 1 is 0.870 bits per heavy atom. The first kappa shape index (κ1) is 35.1. The molecule has 2 N–H and O–H groups in total. The average molecular weight is 718 g/mol. The van der Waals surface area contributed by atoms with E-state index in [1.807, 2.05) is 0 Å². The molecule has 0 unspecified atom stereocenters. The fourth-order valence-corrected chi connectivity index (χ4v) is 5.52. The highest BCUT2D eigenvalue weighted by Gasteiger charge is 2.67. The van der Waals surface area contributed by atoms with Gasteiger partial charge in [-0.15, -0.1) is 23.2 Å². The SMILES string of the molecule is O=C(/C=C/C(F)(F)F)Cc1c(F)ccc(NC(=O)c2cc(NC(=O)[C@H]3[C@H](c4ccc(F)c(C(F)(F)F)c4)C3(Cl)Cl)ccc2Cl)c1F. The van der Waals surface area contributed by atoms with Crippen molar-refractivity contribution in [3.05, 3.63) is 105 Å². The third kappa shape index (κ3) is 7.78. The van der Waals surface area contributed by atoms with E-state index in [4.69, 9.17) is 34.8 Å². The number of anilines is 2. The van der Waals surface area contributed by atoms with Crippen LogP contribution in [0, 0.1) is 23.4 Å². The minimum atomic E-state index is -5.03. The van der Waals surface area contributed by atoms with Crippen LogP contribution in [0.2, 0.25) is 5.02 Å². The second-order valence-electron chi connectivity index (χ2n) is 9.91. The van der Waals surface area contributed by atoms with Crippen molar-refractivity contribution >= 4 is 63.8 Å². The Labute approximate surface area is 268 Å². The van der Waals surface area contributed by atoms with Crippen molar-refractivity contribution in [2.75, 3.05) is 10.6 Å². The van der Waals surface area contributed by atoms with Crippen LogP contribution in [0.3, 0.4) is 0 Å². The van der Waals surface area contributed by atoms with Crippen LogP contribution in [0.5, 0.6) is 0 Å². The number of nitrogens with one attached hydrogen (secondary N) is 2. The highest BCUT2D eigenvalue weighted by Crippen LogP contribution is 2.65. The van der Waals surface area contributed by atoms with Gasteiger partial charge in [0.05, 0.1) is 27.8 Å². The maximum atomic E-state index is 15.0. The van der Waals surface area contributed by atoms with Crippen LogP contribution >= 0.6 is 34.8 Å². The fourth-order valence-electron chi connectivity index (χ4n) is 4.48. The molecular weight excluding hydrogens is 702 g/mol. The molecule has 1 aliphatic rings. The third-order valence-electron chi connectivity index (χ3n) is 6.71. The Hall–Kier alpha value is -3.75. The Morgan fingerprint density at radius 2 is 1.52 bits per heavy atom. The third-order valence-corrected chi connectivity index (χ3v) is 7.98. The Morgan fingerprint density at radius 3 is 2.15 bits per heavy atom. The van der Waals surface area contributed by atoms with Crippen molar-refractivity contribution in [1.29, 1.82) is 0 Å². The summed E-state index contributed by atoms with van der Waals surface area (Å²) in [6, 6.07) is 6.93. The van der Waals surface area contributed by atoms with E-state index in [0.717, 1.165) is 24.3 Å². The maximum Gasteiger partial charge on any atom is 0.419 e. The van der Waals surface area contributed by atoms with Crippen molar-refractivity contribution in [2.45, 2.75) is 29.0 Å². The van der Waals surface area contributed by atoms with E-state index < -0.39 is 92.9 Å². The molecule has 0 radical (unpaired) electrons. The van der Waals surface area contributed by atoms with Gasteiger partial charge in [-0.2, -0.15) is 26.3 Å². The topological polar surface area (TPSA) is 75.3 Å². The molecule has 0 heterocycles. The molecule has 17 heteroatoms. The number of carbonyl (C=O) groups is 3. The quantitative estimate of drug-likeness (QED) is 0.139. The first-order chi connectivity index (χ1) is 21.2. The second-order valence-corrected chi connectivity index (χ2v) is 11.8. The summed E-state index contributed by atoms with van der Waals surface area (Å²) >= 11 is 18.5. The van der Waals surface area contributed by atoms with E-state index in [0.29, 0.717) is 18.2 Å². The van der Waals surface area contributed by atoms with E-state index >= 15 is 4.39 Å². The highest BCUT2D eigenvalue weighted by atomic mass is 35.5. The summed E-state index contributed by atoms with van der Waals surface area (Å²) in [6.45, 7) is 0. The van der Waals surface area contributed by atoms with Crippen molar-refractivity contribution < 1.29 is 53.9 Å². The van der Waals surface area contributed by atoms with Crippen molar-refractivity contribution in [2.24, 2.45) is 5.92 Å². The van der Waals surface area contributed by atoms with Crippen LogP contribution in [-0.2, 0) is 22.2 Å². The van der Waals surface area contributed by atoms with Gasteiger partial charge in [0.15, 0.2) is 11.6 Å². The summed E-state index contributed by atoms with van der Waals surface area (Å²) in [5, 5.41) is 4.26. The lowest BCUT2D eigenvalue weighted by atomic mass is 10.0. The molecule has 2 atom stereocenters. The molecule has 0 aromatic heterocycles. The molecule has 1 fully saturated rings. The van der Waals surface area contributed by atoms with Gasteiger partial charge in [-0.1, -0.05) is 17.7 Å². The fraction of sp³-hybridized carbons (Fsp3) is 0.207. The summed E-state index contributed by atoms with van der Waals surface area (Å²) in [5.74, 6) is -9.99. The molecule has 46 heavy (non-hydrogen) atoms. The summed E-state index contributed by atoms with van der Waals surface area (Å²) < 4.78 is 118. The largest absolute Gasteiger partial charge is 0.419 e. The molecule has 3 aromatic rings. The molecule has 0 saturated heterocycles. The number of allylic oxidation sites excluding steroid dienone is 2. The molecule has 0 spiro atoms. The number of ketones is 1. The van der Waals surface area contributed by atoms with E-state index in [-0.39, 0.29) is 27.9 Å². The number of rotatable bonds is 8. The van der Waals surface area contributed by atoms with Gasteiger partial charge in [-0.25, -0.2) is 13.2 Å². The summed E-state index contributed by atoms with van der Waals surface area (Å²) in [4.78, 5) is 37.8. The van der Waals surface area contributed by atoms with E-state index in [2.05, 4.69) is 10.6 Å². The Kier molecular flexibility index (Phi) is 9.77. The van der Waals surface area contributed by atoms with Gasteiger partial charge < -0.3 is 10.6 Å². The summed E-state index contributed by atoms with van der Waals surface area (Å²) in [6.07, 6.45) is -11.3. The van der Waals surface area contributed by atoms with E-state index in [1.54, 1.807) is 0 Å². The molecule has 1 saturated carbocycles. The van der Waals surface area contributed by atoms with Crippen LogP contribution in [0.1, 0.15) is 33.0 Å². The second kappa shape index (κ2) is 12.8. The molecule has 244 valence electrons. The van der Waals surface area contributed by atoms with Crippen LogP contribution < -0.4 is 10.6 Å². The lowest BCUT2D eigenvalue weighted by Crippen LogP contribution is -2.19. The smallest absolute Gasteiger partial charge is 0.326 e. The molecular formula is C29H16Cl3F9N2O3.